The highest BCUT2D eigenvalue weighted by Crippen LogP contribution is 2.35. The molecule has 0 bridgehead atoms. The number of aromatic nitrogens is 2. The SMILES string of the molecule is Cc1cc(C)nc(SCC(=O)N(Cc2ccc(F)cc2)C(C(=O)Nc2ccc3c(c2)OCO3)c2ccc(C(C)C)cc2)n1. The Balaban J connectivity index is 1.50. The van der Waals surface area contributed by atoms with Crippen LogP contribution in [0.15, 0.2) is 78.0 Å². The standard InChI is InChI=1S/C33H33FN4O4S/c1-20(2)24-7-9-25(10-8-24)31(32(40)37-27-13-14-28-29(16-27)42-19-41-28)38(17-23-5-11-26(34)12-6-23)30(39)18-43-33-35-21(3)15-22(4)36-33/h5-16,20,31H,17-19H2,1-4H3,(H,37,40). The fraction of sp³-hybridized carbons (Fsp3) is 0.273. The number of carbonyl (C=O) groups excluding carboxylic acids is 2. The Morgan fingerprint density at radius 2 is 1.56 bits per heavy atom. The fourth-order valence-electron chi connectivity index (χ4n) is 4.80. The molecule has 0 aliphatic carbocycles. The van der Waals surface area contributed by atoms with Crippen LogP contribution in [-0.4, -0.2) is 39.2 Å². The molecule has 1 atom stereocenters. The molecule has 8 nitrogen and oxygen atoms in total. The number of benzene rings is 3. The van der Waals surface area contributed by atoms with Gasteiger partial charge in [0, 0.05) is 29.7 Å². The third-order valence-corrected chi connectivity index (χ3v) is 7.82. The van der Waals surface area contributed by atoms with Gasteiger partial charge in [-0.3, -0.25) is 9.59 Å². The van der Waals surface area contributed by atoms with Gasteiger partial charge in [-0.15, -0.1) is 0 Å². The highest BCUT2D eigenvalue weighted by atomic mass is 32.2. The van der Waals surface area contributed by atoms with Crippen molar-refractivity contribution in [2.45, 2.75) is 51.4 Å². The zero-order valence-electron chi connectivity index (χ0n) is 24.5. The molecule has 0 saturated carbocycles. The summed E-state index contributed by atoms with van der Waals surface area (Å²) < 4.78 is 24.7. The van der Waals surface area contributed by atoms with E-state index in [4.69, 9.17) is 9.47 Å². The Hall–Kier alpha value is -4.44. The number of hydrogen-bond donors (Lipinski definition) is 1. The topological polar surface area (TPSA) is 93.7 Å². The van der Waals surface area contributed by atoms with Crippen molar-refractivity contribution >= 4 is 29.3 Å². The predicted octanol–water partition coefficient (Wildman–Crippen LogP) is 6.59. The molecule has 1 aliphatic heterocycles. The average molecular weight is 601 g/mol. The summed E-state index contributed by atoms with van der Waals surface area (Å²) in [5, 5.41) is 3.45. The van der Waals surface area contributed by atoms with Gasteiger partial charge in [-0.2, -0.15) is 0 Å². The Bertz CT molecular complexity index is 1590. The fourth-order valence-corrected chi connectivity index (χ4v) is 5.63. The molecular weight excluding hydrogens is 567 g/mol. The molecule has 1 N–H and O–H groups in total. The van der Waals surface area contributed by atoms with Crippen molar-refractivity contribution in [3.8, 4) is 11.5 Å². The third-order valence-electron chi connectivity index (χ3n) is 6.99. The lowest BCUT2D eigenvalue weighted by atomic mass is 9.97. The van der Waals surface area contributed by atoms with Gasteiger partial charge in [-0.05, 0) is 66.8 Å². The van der Waals surface area contributed by atoms with Gasteiger partial charge < -0.3 is 19.7 Å². The van der Waals surface area contributed by atoms with E-state index in [0.29, 0.717) is 39.4 Å². The van der Waals surface area contributed by atoms with E-state index in [2.05, 4.69) is 29.1 Å². The first-order valence-corrected chi connectivity index (χ1v) is 14.9. The number of carbonyl (C=O) groups is 2. The second-order valence-corrected chi connectivity index (χ2v) is 11.6. The van der Waals surface area contributed by atoms with Gasteiger partial charge in [0.2, 0.25) is 12.7 Å². The zero-order chi connectivity index (χ0) is 30.5. The molecule has 2 heterocycles. The van der Waals surface area contributed by atoms with Crippen LogP contribution in [0.3, 0.4) is 0 Å². The first kappa shape index (κ1) is 30.0. The average Bonchev–Trinajstić information content (AvgIpc) is 3.44. The quantitative estimate of drug-likeness (QED) is 0.162. The minimum absolute atomic E-state index is 0.00195. The number of rotatable bonds is 10. The van der Waals surface area contributed by atoms with Crippen LogP contribution in [0, 0.1) is 19.7 Å². The number of thioether (sulfide) groups is 1. The summed E-state index contributed by atoms with van der Waals surface area (Å²) in [5.41, 5.74) is 4.55. The normalized spacial score (nSPS) is 12.7. The van der Waals surface area contributed by atoms with Crippen LogP contribution in [0.25, 0.3) is 0 Å². The van der Waals surface area contributed by atoms with E-state index in [0.717, 1.165) is 17.0 Å². The number of ether oxygens (including phenoxy) is 2. The van der Waals surface area contributed by atoms with Crippen LogP contribution in [-0.2, 0) is 16.1 Å². The van der Waals surface area contributed by atoms with Crippen LogP contribution in [0.4, 0.5) is 10.1 Å². The molecule has 5 rings (SSSR count). The van der Waals surface area contributed by atoms with Crippen LogP contribution >= 0.6 is 11.8 Å². The Morgan fingerprint density at radius 1 is 0.907 bits per heavy atom. The molecule has 1 unspecified atom stereocenters. The maximum Gasteiger partial charge on any atom is 0.251 e. The molecule has 0 radical (unpaired) electrons. The summed E-state index contributed by atoms with van der Waals surface area (Å²) in [7, 11) is 0. The number of amides is 2. The summed E-state index contributed by atoms with van der Waals surface area (Å²) in [6.07, 6.45) is 0. The molecule has 4 aromatic rings. The first-order valence-electron chi connectivity index (χ1n) is 14.0. The number of hydrogen-bond acceptors (Lipinski definition) is 7. The first-order chi connectivity index (χ1) is 20.7. The number of aryl methyl sites for hydroxylation is 2. The van der Waals surface area contributed by atoms with E-state index in [-0.39, 0.29) is 30.8 Å². The summed E-state index contributed by atoms with van der Waals surface area (Å²) in [4.78, 5) is 38.5. The second kappa shape index (κ2) is 13.2. The lowest BCUT2D eigenvalue weighted by Crippen LogP contribution is -2.41. The molecule has 3 aromatic carbocycles. The number of nitrogens with zero attached hydrogens (tertiary/aromatic N) is 3. The highest BCUT2D eigenvalue weighted by Gasteiger charge is 2.32. The number of halogens is 1. The van der Waals surface area contributed by atoms with Crippen LogP contribution < -0.4 is 14.8 Å². The number of fused-ring (bicyclic) bond motifs is 1. The monoisotopic (exact) mass is 600 g/mol. The smallest absolute Gasteiger partial charge is 0.251 e. The minimum Gasteiger partial charge on any atom is -0.454 e. The second-order valence-electron chi connectivity index (χ2n) is 10.7. The lowest BCUT2D eigenvalue weighted by Gasteiger charge is -2.32. The largest absolute Gasteiger partial charge is 0.454 e. The van der Waals surface area contributed by atoms with Gasteiger partial charge in [0.1, 0.15) is 11.9 Å². The summed E-state index contributed by atoms with van der Waals surface area (Å²) in [6.45, 7) is 8.13. The van der Waals surface area contributed by atoms with Gasteiger partial charge >= 0.3 is 0 Å². The van der Waals surface area contributed by atoms with Crippen LogP contribution in [0.1, 0.15) is 53.9 Å². The number of nitrogens with one attached hydrogen (secondary N) is 1. The minimum atomic E-state index is -0.995. The molecule has 1 aliphatic rings. The molecular formula is C33H33FN4O4S. The van der Waals surface area contributed by atoms with E-state index >= 15 is 0 Å². The van der Waals surface area contributed by atoms with Gasteiger partial charge in [0.25, 0.3) is 5.91 Å². The molecule has 0 fully saturated rings. The Kier molecular flexibility index (Phi) is 9.25. The van der Waals surface area contributed by atoms with E-state index in [1.165, 1.54) is 28.8 Å². The molecule has 1 aromatic heterocycles. The van der Waals surface area contributed by atoms with Crippen molar-refractivity contribution < 1.29 is 23.5 Å². The molecule has 0 spiro atoms. The van der Waals surface area contributed by atoms with Crippen molar-refractivity contribution in [1.82, 2.24) is 14.9 Å². The summed E-state index contributed by atoms with van der Waals surface area (Å²) in [6, 6.07) is 19.6. The Morgan fingerprint density at radius 3 is 2.23 bits per heavy atom. The van der Waals surface area contributed by atoms with Crippen LogP contribution in [0.2, 0.25) is 0 Å². The van der Waals surface area contributed by atoms with Crippen LogP contribution in [0.5, 0.6) is 11.5 Å². The van der Waals surface area contributed by atoms with Crippen molar-refractivity contribution in [2.75, 3.05) is 17.9 Å². The number of anilines is 1. The van der Waals surface area contributed by atoms with Crippen molar-refractivity contribution in [3.05, 3.63) is 107 Å². The van der Waals surface area contributed by atoms with E-state index in [1.54, 1.807) is 30.3 Å². The van der Waals surface area contributed by atoms with Crippen molar-refractivity contribution in [3.63, 3.8) is 0 Å². The van der Waals surface area contributed by atoms with E-state index in [9.17, 15) is 14.0 Å². The molecule has 0 saturated heterocycles. The van der Waals surface area contributed by atoms with Gasteiger partial charge in [-0.1, -0.05) is 62.0 Å². The van der Waals surface area contributed by atoms with E-state index in [1.807, 2.05) is 44.2 Å². The lowest BCUT2D eigenvalue weighted by molar-refractivity contribution is -0.137. The van der Waals surface area contributed by atoms with Crippen molar-refractivity contribution in [2.24, 2.45) is 0 Å². The molecule has 222 valence electrons. The maximum atomic E-state index is 14.1. The molecule has 10 heteroatoms. The summed E-state index contributed by atoms with van der Waals surface area (Å²) >= 11 is 1.21. The summed E-state index contributed by atoms with van der Waals surface area (Å²) in [5.74, 6) is 0.334. The highest BCUT2D eigenvalue weighted by molar-refractivity contribution is 7.99. The van der Waals surface area contributed by atoms with Gasteiger partial charge in [0.05, 0.1) is 5.75 Å². The van der Waals surface area contributed by atoms with E-state index < -0.39 is 11.9 Å². The van der Waals surface area contributed by atoms with Crippen molar-refractivity contribution in [1.29, 1.82) is 0 Å². The molecule has 2 amide bonds. The van der Waals surface area contributed by atoms with Gasteiger partial charge in [0.15, 0.2) is 16.7 Å². The van der Waals surface area contributed by atoms with Gasteiger partial charge in [-0.25, -0.2) is 14.4 Å². The Labute approximate surface area is 254 Å². The molecule has 43 heavy (non-hydrogen) atoms. The third kappa shape index (κ3) is 7.50. The maximum absolute atomic E-state index is 14.1. The predicted molar refractivity (Wildman–Crippen MR) is 164 cm³/mol. The zero-order valence-corrected chi connectivity index (χ0v) is 25.3.